The minimum absolute atomic E-state index is 0.0930. The van der Waals surface area contributed by atoms with E-state index in [1.54, 1.807) is 24.3 Å². The molecule has 0 saturated carbocycles. The smallest absolute Gasteiger partial charge is 0.264 e. The minimum atomic E-state index is -4.05. The summed E-state index contributed by atoms with van der Waals surface area (Å²) >= 11 is 0. The van der Waals surface area contributed by atoms with Crippen molar-refractivity contribution in [3.05, 3.63) is 83.4 Å². The van der Waals surface area contributed by atoms with Gasteiger partial charge in [0.15, 0.2) is 0 Å². The number of carbonyl (C=O) groups is 1. The molecule has 3 aromatic carbocycles. The third-order valence-electron chi connectivity index (χ3n) is 5.49. The summed E-state index contributed by atoms with van der Waals surface area (Å²) < 4.78 is 39.7. The number of benzene rings is 3. The van der Waals surface area contributed by atoms with Gasteiger partial charge in [-0.2, -0.15) is 0 Å². The Morgan fingerprint density at radius 1 is 0.943 bits per heavy atom. The van der Waals surface area contributed by atoms with Crippen molar-refractivity contribution in [1.29, 1.82) is 0 Å². The van der Waals surface area contributed by atoms with E-state index in [0.29, 0.717) is 11.4 Å². The molecule has 3 aromatic rings. The van der Waals surface area contributed by atoms with Gasteiger partial charge >= 0.3 is 0 Å². The molecule has 0 spiro atoms. The molecule has 0 aliphatic heterocycles. The van der Waals surface area contributed by atoms with E-state index in [1.165, 1.54) is 19.2 Å². The Bertz CT molecular complexity index is 1270. The Labute approximate surface area is 207 Å². The average Bonchev–Trinajstić information content (AvgIpc) is 2.82. The molecule has 1 atom stereocenters. The molecule has 0 aliphatic carbocycles. The molecule has 0 heterocycles. The average molecular weight is 497 g/mol. The lowest BCUT2D eigenvalue weighted by Crippen LogP contribution is -2.45. The van der Waals surface area contributed by atoms with Gasteiger partial charge in [-0.05, 0) is 69.2 Å². The molecular weight excluding hydrogens is 464 g/mol. The van der Waals surface area contributed by atoms with Crippen LogP contribution in [0.5, 0.6) is 11.5 Å². The van der Waals surface area contributed by atoms with E-state index in [0.717, 1.165) is 26.7 Å². The van der Waals surface area contributed by atoms with E-state index in [4.69, 9.17) is 9.47 Å². The van der Waals surface area contributed by atoms with Crippen LogP contribution in [0.3, 0.4) is 0 Å². The number of amides is 1. The summed E-state index contributed by atoms with van der Waals surface area (Å²) in [5.74, 6) is 0.641. The van der Waals surface area contributed by atoms with Gasteiger partial charge in [0, 0.05) is 0 Å². The normalized spacial score (nSPS) is 12.0. The zero-order chi connectivity index (χ0) is 25.6. The molecule has 3 rings (SSSR count). The number of rotatable bonds is 10. The van der Waals surface area contributed by atoms with Gasteiger partial charge in [-0.25, -0.2) is 8.42 Å². The van der Waals surface area contributed by atoms with E-state index >= 15 is 0 Å². The molecule has 1 N–H and O–H groups in total. The largest absolute Gasteiger partial charge is 0.495 e. The van der Waals surface area contributed by atoms with E-state index in [1.807, 2.05) is 58.0 Å². The molecule has 0 bridgehead atoms. The summed E-state index contributed by atoms with van der Waals surface area (Å²) in [6.45, 7) is 7.32. The fourth-order valence-electron chi connectivity index (χ4n) is 3.56. The van der Waals surface area contributed by atoms with Crippen molar-refractivity contribution in [2.24, 2.45) is 0 Å². The Morgan fingerprint density at radius 2 is 1.60 bits per heavy atom. The van der Waals surface area contributed by atoms with Crippen LogP contribution >= 0.6 is 0 Å². The number of carbonyl (C=O) groups excluding carboxylic acids is 1. The van der Waals surface area contributed by atoms with Gasteiger partial charge in [0.25, 0.3) is 10.0 Å². The van der Waals surface area contributed by atoms with Crippen LogP contribution in [-0.4, -0.2) is 40.6 Å². The van der Waals surface area contributed by atoms with Crippen molar-refractivity contribution >= 4 is 21.6 Å². The predicted octanol–water partition coefficient (Wildman–Crippen LogP) is 4.40. The fraction of sp³-hybridized carbons (Fsp3) is 0.296. The molecule has 0 aliphatic rings. The zero-order valence-electron chi connectivity index (χ0n) is 20.7. The van der Waals surface area contributed by atoms with Gasteiger partial charge in [-0.15, -0.1) is 0 Å². The predicted molar refractivity (Wildman–Crippen MR) is 138 cm³/mol. The van der Waals surface area contributed by atoms with Gasteiger partial charge in [0.1, 0.15) is 24.7 Å². The third-order valence-corrected chi connectivity index (χ3v) is 7.26. The monoisotopic (exact) mass is 496 g/mol. The van der Waals surface area contributed by atoms with Crippen molar-refractivity contribution in [2.45, 2.75) is 38.6 Å². The fourth-order valence-corrected chi connectivity index (χ4v) is 4.98. The highest BCUT2D eigenvalue weighted by atomic mass is 32.2. The lowest BCUT2D eigenvalue weighted by Gasteiger charge is -2.27. The lowest BCUT2D eigenvalue weighted by atomic mass is 10.2. The van der Waals surface area contributed by atoms with Gasteiger partial charge in [-0.3, -0.25) is 9.10 Å². The second-order valence-corrected chi connectivity index (χ2v) is 10.4. The molecule has 0 saturated heterocycles. The van der Waals surface area contributed by atoms with Crippen molar-refractivity contribution in [2.75, 3.05) is 24.6 Å². The molecule has 8 heteroatoms. The number of ether oxygens (including phenoxy) is 2. The number of hydrogen-bond acceptors (Lipinski definition) is 5. The third kappa shape index (κ3) is 6.54. The Balaban J connectivity index is 1.84. The summed E-state index contributed by atoms with van der Waals surface area (Å²) in [7, 11) is -2.58. The number of methoxy groups -OCH3 is 1. The van der Waals surface area contributed by atoms with Crippen LogP contribution in [-0.2, 0) is 14.8 Å². The van der Waals surface area contributed by atoms with Crippen molar-refractivity contribution in [3.8, 4) is 11.5 Å². The molecule has 35 heavy (non-hydrogen) atoms. The number of nitrogens with zero attached hydrogens (tertiary/aromatic N) is 1. The van der Waals surface area contributed by atoms with Gasteiger partial charge in [0.05, 0.1) is 23.7 Å². The summed E-state index contributed by atoms with van der Waals surface area (Å²) in [4.78, 5) is 13.1. The summed E-state index contributed by atoms with van der Waals surface area (Å²) in [5.41, 5.74) is 3.06. The molecular formula is C27H32N2O5S. The first kappa shape index (κ1) is 26.1. The van der Waals surface area contributed by atoms with Crippen molar-refractivity contribution < 1.29 is 22.7 Å². The maximum atomic E-state index is 13.7. The highest BCUT2D eigenvalue weighted by Crippen LogP contribution is 2.33. The lowest BCUT2D eigenvalue weighted by molar-refractivity contribution is -0.120. The Kier molecular flexibility index (Phi) is 8.40. The topological polar surface area (TPSA) is 84.9 Å². The van der Waals surface area contributed by atoms with Crippen LogP contribution in [0, 0.1) is 20.8 Å². The van der Waals surface area contributed by atoms with Crippen LogP contribution in [0.25, 0.3) is 0 Å². The highest BCUT2D eigenvalue weighted by Gasteiger charge is 2.30. The Hall–Kier alpha value is -3.52. The van der Waals surface area contributed by atoms with Gasteiger partial charge in [0.2, 0.25) is 5.91 Å². The summed E-state index contributed by atoms with van der Waals surface area (Å²) in [6.07, 6.45) is 0. The molecule has 0 radical (unpaired) electrons. The standard InChI is InChI=1S/C27H32N2O5S/c1-19-10-13-23(14-11-19)35(31,32)29(24-16-20(2)12-15-26(24)33-5)17-27(30)28-22(4)18-34-25-9-7-6-8-21(25)3/h6-16,22H,17-18H2,1-5H3,(H,28,30). The SMILES string of the molecule is COc1ccc(C)cc1N(CC(=O)NC(C)COc1ccccc1C)S(=O)(=O)c1ccc(C)cc1. The van der Waals surface area contributed by atoms with Crippen LogP contribution in [0.15, 0.2) is 71.6 Å². The Morgan fingerprint density at radius 3 is 2.26 bits per heavy atom. The van der Waals surface area contributed by atoms with Crippen LogP contribution in [0.4, 0.5) is 5.69 Å². The maximum Gasteiger partial charge on any atom is 0.264 e. The number of para-hydroxylation sites is 1. The molecule has 0 aromatic heterocycles. The van der Waals surface area contributed by atoms with Crippen LogP contribution in [0.1, 0.15) is 23.6 Å². The first-order valence-corrected chi connectivity index (χ1v) is 12.8. The van der Waals surface area contributed by atoms with Crippen molar-refractivity contribution in [1.82, 2.24) is 5.32 Å². The van der Waals surface area contributed by atoms with E-state index in [9.17, 15) is 13.2 Å². The number of nitrogens with one attached hydrogen (secondary N) is 1. The zero-order valence-corrected chi connectivity index (χ0v) is 21.6. The quantitative estimate of drug-likeness (QED) is 0.450. The first-order chi connectivity index (χ1) is 16.6. The second-order valence-electron chi connectivity index (χ2n) is 8.55. The summed E-state index contributed by atoms with van der Waals surface area (Å²) in [5, 5.41) is 2.84. The van der Waals surface area contributed by atoms with E-state index < -0.39 is 22.5 Å². The molecule has 1 amide bonds. The highest BCUT2D eigenvalue weighted by molar-refractivity contribution is 7.92. The number of anilines is 1. The van der Waals surface area contributed by atoms with E-state index in [-0.39, 0.29) is 17.5 Å². The van der Waals surface area contributed by atoms with E-state index in [2.05, 4.69) is 5.32 Å². The molecule has 186 valence electrons. The summed E-state index contributed by atoms with van der Waals surface area (Å²) in [6, 6.07) is 19.0. The number of hydrogen-bond donors (Lipinski definition) is 1. The second kappa shape index (κ2) is 11.3. The van der Waals surface area contributed by atoms with Crippen LogP contribution < -0.4 is 19.1 Å². The first-order valence-electron chi connectivity index (χ1n) is 11.3. The number of aryl methyl sites for hydroxylation is 3. The van der Waals surface area contributed by atoms with Gasteiger partial charge < -0.3 is 14.8 Å². The number of sulfonamides is 1. The minimum Gasteiger partial charge on any atom is -0.495 e. The maximum absolute atomic E-state index is 13.7. The molecule has 0 fully saturated rings. The molecule has 7 nitrogen and oxygen atoms in total. The van der Waals surface area contributed by atoms with Crippen molar-refractivity contribution in [3.63, 3.8) is 0 Å². The molecule has 1 unspecified atom stereocenters. The van der Waals surface area contributed by atoms with Crippen LogP contribution in [0.2, 0.25) is 0 Å². The van der Waals surface area contributed by atoms with Gasteiger partial charge in [-0.1, -0.05) is 42.0 Å².